The molecule has 0 radical (unpaired) electrons. The van der Waals surface area contributed by atoms with Crippen LogP contribution in [0.25, 0.3) is 16.7 Å². The third-order valence-electron chi connectivity index (χ3n) is 5.27. The summed E-state index contributed by atoms with van der Waals surface area (Å²) in [5.41, 5.74) is 2.35. The number of aliphatic hydroxyl groups excluding tert-OH is 1. The topological polar surface area (TPSA) is 55.8 Å². The van der Waals surface area contributed by atoms with Gasteiger partial charge in [-0.3, -0.25) is 4.79 Å². The summed E-state index contributed by atoms with van der Waals surface area (Å²) in [6.45, 7) is 9.12. The Morgan fingerprint density at radius 3 is 2.14 bits per heavy atom. The van der Waals surface area contributed by atoms with Crippen LogP contribution in [0.1, 0.15) is 45.7 Å². The maximum atomic E-state index is 13.1. The molecule has 0 amide bonds. The Bertz CT molecular complexity index is 934. The molecule has 0 unspecified atom stereocenters. The molecule has 1 aliphatic heterocycles. The molecule has 1 aliphatic rings. The van der Waals surface area contributed by atoms with Gasteiger partial charge in [0.05, 0.1) is 12.7 Å². The molecule has 0 bridgehead atoms. The van der Waals surface area contributed by atoms with Crippen LogP contribution in [0.2, 0.25) is 0 Å². The number of aryl methyl sites for hydroxylation is 1. The second kappa shape index (κ2) is 7.10. The SMILES string of the molecule is CCc1cc(-c2ccc(OC)cc2)ccc1C1=C(O)C(C)(C)OC(C)(C)C1=O. The van der Waals surface area contributed by atoms with Crippen molar-refractivity contribution in [3.05, 3.63) is 59.4 Å². The Morgan fingerprint density at radius 1 is 0.964 bits per heavy atom. The van der Waals surface area contributed by atoms with Gasteiger partial charge < -0.3 is 14.6 Å². The molecule has 1 N–H and O–H groups in total. The summed E-state index contributed by atoms with van der Waals surface area (Å²) in [5, 5.41) is 10.8. The maximum absolute atomic E-state index is 13.1. The van der Waals surface area contributed by atoms with Gasteiger partial charge in [-0.2, -0.15) is 0 Å². The van der Waals surface area contributed by atoms with Gasteiger partial charge in [-0.05, 0) is 68.5 Å². The fourth-order valence-corrected chi connectivity index (χ4v) is 3.79. The van der Waals surface area contributed by atoms with E-state index in [0.717, 1.165) is 34.4 Å². The highest BCUT2D eigenvalue weighted by molar-refractivity contribution is 6.26. The number of ether oxygens (including phenoxy) is 2. The minimum Gasteiger partial charge on any atom is -0.508 e. The van der Waals surface area contributed by atoms with E-state index in [9.17, 15) is 9.90 Å². The van der Waals surface area contributed by atoms with E-state index in [4.69, 9.17) is 9.47 Å². The van der Waals surface area contributed by atoms with Crippen molar-refractivity contribution in [2.24, 2.45) is 0 Å². The van der Waals surface area contributed by atoms with E-state index in [1.165, 1.54) is 0 Å². The van der Waals surface area contributed by atoms with Gasteiger partial charge >= 0.3 is 0 Å². The zero-order valence-corrected chi connectivity index (χ0v) is 17.4. The first-order valence-corrected chi connectivity index (χ1v) is 9.57. The number of hydrogen-bond acceptors (Lipinski definition) is 4. The summed E-state index contributed by atoms with van der Waals surface area (Å²) in [7, 11) is 1.65. The maximum Gasteiger partial charge on any atom is 0.198 e. The number of Topliss-reactive ketones (excluding diaryl/α,β-unsaturated/α-hetero) is 1. The largest absolute Gasteiger partial charge is 0.508 e. The summed E-state index contributed by atoms with van der Waals surface area (Å²) in [5.74, 6) is 0.600. The molecule has 4 heteroatoms. The van der Waals surface area contributed by atoms with Crippen LogP contribution in [0.4, 0.5) is 0 Å². The number of hydrogen-bond donors (Lipinski definition) is 1. The third kappa shape index (κ3) is 3.45. The fourth-order valence-electron chi connectivity index (χ4n) is 3.79. The average Bonchev–Trinajstić information content (AvgIpc) is 2.66. The molecule has 28 heavy (non-hydrogen) atoms. The number of aliphatic hydroxyl groups is 1. The Balaban J connectivity index is 2.13. The summed E-state index contributed by atoms with van der Waals surface area (Å²) in [4.78, 5) is 13.1. The molecule has 2 aromatic rings. The van der Waals surface area contributed by atoms with Gasteiger partial charge in [0.2, 0.25) is 0 Å². The van der Waals surface area contributed by atoms with Crippen LogP contribution in [0.15, 0.2) is 48.2 Å². The lowest BCUT2D eigenvalue weighted by atomic mass is 9.81. The van der Waals surface area contributed by atoms with Crippen LogP contribution < -0.4 is 4.74 Å². The van der Waals surface area contributed by atoms with E-state index in [2.05, 4.69) is 6.07 Å². The van der Waals surface area contributed by atoms with Crippen molar-refractivity contribution in [3.63, 3.8) is 0 Å². The fraction of sp³-hybridized carbons (Fsp3) is 0.375. The predicted octanol–water partition coefficient (Wildman–Crippen LogP) is 5.35. The van der Waals surface area contributed by atoms with Crippen molar-refractivity contribution in [3.8, 4) is 16.9 Å². The van der Waals surface area contributed by atoms with Gasteiger partial charge in [0.15, 0.2) is 5.78 Å². The second-order valence-corrected chi connectivity index (χ2v) is 8.13. The van der Waals surface area contributed by atoms with Gasteiger partial charge in [-0.25, -0.2) is 0 Å². The standard InChI is InChI=1S/C24H28O4/c1-7-15-14-17(16-8-11-18(27-6)12-9-16)10-13-19(15)20-21(25)23(2,3)28-24(4,5)22(20)26/h8-14,25H,7H2,1-6H3. The van der Waals surface area contributed by atoms with Crippen molar-refractivity contribution in [1.29, 1.82) is 0 Å². The molecule has 3 rings (SSSR count). The molecule has 0 atom stereocenters. The van der Waals surface area contributed by atoms with Gasteiger partial charge in [0, 0.05) is 0 Å². The molecule has 148 valence electrons. The van der Waals surface area contributed by atoms with Gasteiger partial charge in [0.25, 0.3) is 0 Å². The molecule has 1 heterocycles. The number of methoxy groups -OCH3 is 1. The predicted molar refractivity (Wildman–Crippen MR) is 112 cm³/mol. The lowest BCUT2D eigenvalue weighted by Gasteiger charge is -2.40. The summed E-state index contributed by atoms with van der Waals surface area (Å²) in [6, 6.07) is 13.9. The molecule has 2 aromatic carbocycles. The molecular weight excluding hydrogens is 352 g/mol. The van der Waals surface area contributed by atoms with Crippen LogP contribution in [-0.4, -0.2) is 29.2 Å². The van der Waals surface area contributed by atoms with Crippen molar-refractivity contribution in [2.75, 3.05) is 7.11 Å². The highest BCUT2D eigenvalue weighted by Gasteiger charge is 2.47. The first kappa shape index (κ1) is 20.2. The minimum atomic E-state index is -0.995. The van der Waals surface area contributed by atoms with Crippen LogP contribution in [0.3, 0.4) is 0 Å². The van der Waals surface area contributed by atoms with Crippen LogP contribution >= 0.6 is 0 Å². The average molecular weight is 380 g/mol. The lowest BCUT2D eigenvalue weighted by Crippen LogP contribution is -2.49. The van der Waals surface area contributed by atoms with E-state index in [-0.39, 0.29) is 11.5 Å². The zero-order valence-electron chi connectivity index (χ0n) is 17.4. The van der Waals surface area contributed by atoms with E-state index >= 15 is 0 Å². The van der Waals surface area contributed by atoms with Gasteiger partial charge in [-0.1, -0.05) is 37.3 Å². The Morgan fingerprint density at radius 2 is 1.57 bits per heavy atom. The van der Waals surface area contributed by atoms with E-state index < -0.39 is 11.2 Å². The van der Waals surface area contributed by atoms with E-state index in [1.54, 1.807) is 34.8 Å². The number of benzene rings is 2. The zero-order chi connectivity index (χ0) is 20.7. The first-order valence-electron chi connectivity index (χ1n) is 9.57. The number of rotatable bonds is 4. The van der Waals surface area contributed by atoms with E-state index in [0.29, 0.717) is 5.57 Å². The van der Waals surface area contributed by atoms with Crippen molar-refractivity contribution in [1.82, 2.24) is 0 Å². The van der Waals surface area contributed by atoms with Crippen LogP contribution in [-0.2, 0) is 16.0 Å². The Hall–Kier alpha value is -2.59. The van der Waals surface area contributed by atoms with Crippen molar-refractivity contribution < 1.29 is 19.4 Å². The number of carbonyl (C=O) groups excluding carboxylic acids is 1. The Labute approximate surface area is 166 Å². The number of carbonyl (C=O) groups is 1. The molecule has 0 saturated carbocycles. The van der Waals surface area contributed by atoms with Gasteiger partial charge in [0.1, 0.15) is 22.7 Å². The molecule has 0 aliphatic carbocycles. The Kier molecular flexibility index (Phi) is 5.11. The molecular formula is C24H28O4. The quantitative estimate of drug-likeness (QED) is 0.777. The minimum absolute atomic E-state index is 0.0104. The van der Waals surface area contributed by atoms with Crippen molar-refractivity contribution in [2.45, 2.75) is 52.2 Å². The van der Waals surface area contributed by atoms with Crippen LogP contribution in [0, 0.1) is 0 Å². The molecule has 0 saturated heterocycles. The highest BCUT2D eigenvalue weighted by Crippen LogP contribution is 2.41. The summed E-state index contributed by atoms with van der Waals surface area (Å²) >= 11 is 0. The monoisotopic (exact) mass is 380 g/mol. The van der Waals surface area contributed by atoms with Crippen LogP contribution in [0.5, 0.6) is 5.75 Å². The smallest absolute Gasteiger partial charge is 0.198 e. The molecule has 0 aromatic heterocycles. The molecule has 4 nitrogen and oxygen atoms in total. The normalized spacial score (nSPS) is 18.3. The molecule has 0 spiro atoms. The third-order valence-corrected chi connectivity index (χ3v) is 5.27. The van der Waals surface area contributed by atoms with Gasteiger partial charge in [-0.15, -0.1) is 0 Å². The van der Waals surface area contributed by atoms with E-state index in [1.807, 2.05) is 43.3 Å². The molecule has 0 fully saturated rings. The highest BCUT2D eigenvalue weighted by atomic mass is 16.5. The van der Waals surface area contributed by atoms with Crippen molar-refractivity contribution >= 4 is 11.4 Å². The summed E-state index contributed by atoms with van der Waals surface area (Å²) < 4.78 is 11.1. The second-order valence-electron chi connectivity index (χ2n) is 8.13. The summed E-state index contributed by atoms with van der Waals surface area (Å²) in [6.07, 6.45) is 0.741. The number of ketones is 1. The first-order chi connectivity index (χ1) is 13.1. The lowest BCUT2D eigenvalue weighted by molar-refractivity contribution is -0.158.